The fraction of sp³-hybridized carbons (Fsp3) is 0.267. The van der Waals surface area contributed by atoms with Crippen molar-refractivity contribution in [1.82, 2.24) is 4.98 Å². The fourth-order valence-electron chi connectivity index (χ4n) is 2.16. The number of hydrazone groups is 1. The quantitative estimate of drug-likeness (QED) is 0.806. The average Bonchev–Trinajstić information content (AvgIpc) is 3.15. The van der Waals surface area contributed by atoms with Crippen LogP contribution in [-0.4, -0.2) is 16.6 Å². The van der Waals surface area contributed by atoms with Gasteiger partial charge in [-0.2, -0.15) is 10.1 Å². The number of anilines is 1. The van der Waals surface area contributed by atoms with E-state index in [1.165, 1.54) is 21.2 Å². The lowest BCUT2D eigenvalue weighted by atomic mass is 10.1. The molecule has 6 heteroatoms. The third-order valence-electron chi connectivity index (χ3n) is 3.28. The first-order valence-corrected chi connectivity index (χ1v) is 8.41. The summed E-state index contributed by atoms with van der Waals surface area (Å²) in [4.78, 5) is 19.3. The van der Waals surface area contributed by atoms with Crippen molar-refractivity contribution < 1.29 is 4.79 Å². The van der Waals surface area contributed by atoms with Gasteiger partial charge in [0.25, 0.3) is 5.91 Å². The van der Waals surface area contributed by atoms with Gasteiger partial charge in [0, 0.05) is 9.75 Å². The molecule has 2 aromatic rings. The molecule has 0 bridgehead atoms. The number of carbonyl (C=O) groups is 1. The Hall–Kier alpha value is -1.79. The Morgan fingerprint density at radius 3 is 2.81 bits per heavy atom. The molecule has 0 aliphatic carbocycles. The number of aryl methyl sites for hydroxylation is 2. The van der Waals surface area contributed by atoms with Crippen molar-refractivity contribution in [3.63, 3.8) is 0 Å². The highest BCUT2D eigenvalue weighted by Gasteiger charge is 2.31. The first kappa shape index (κ1) is 14.2. The monoisotopic (exact) mass is 317 g/mol. The molecule has 1 aliphatic heterocycles. The van der Waals surface area contributed by atoms with Crippen LogP contribution in [0.15, 0.2) is 28.2 Å². The Kier molecular flexibility index (Phi) is 3.73. The molecular weight excluding hydrogens is 302 g/mol. The Labute approximate surface area is 131 Å². The van der Waals surface area contributed by atoms with E-state index in [9.17, 15) is 4.79 Å². The number of amides is 1. The number of hydrogen-bond acceptors (Lipinski definition) is 5. The summed E-state index contributed by atoms with van der Waals surface area (Å²) in [5, 5.41) is 8.45. The van der Waals surface area contributed by atoms with Crippen LogP contribution in [0.4, 0.5) is 5.13 Å². The van der Waals surface area contributed by atoms with E-state index in [-0.39, 0.29) is 5.91 Å². The Bertz CT molecular complexity index is 741. The maximum absolute atomic E-state index is 12.6. The molecule has 2 aromatic heterocycles. The van der Waals surface area contributed by atoms with E-state index >= 15 is 0 Å². The van der Waals surface area contributed by atoms with E-state index < -0.39 is 0 Å². The largest absolute Gasteiger partial charge is 0.282 e. The molecule has 1 amide bonds. The normalized spacial score (nSPS) is 16.9. The molecule has 0 fully saturated rings. The molecule has 1 aliphatic rings. The topological polar surface area (TPSA) is 45.6 Å². The zero-order valence-corrected chi connectivity index (χ0v) is 13.7. The molecule has 21 heavy (non-hydrogen) atoms. The van der Waals surface area contributed by atoms with Crippen LogP contribution in [0, 0.1) is 6.92 Å². The van der Waals surface area contributed by atoms with Crippen molar-refractivity contribution in [1.29, 1.82) is 0 Å². The molecule has 0 spiro atoms. The SMILES string of the molecule is CCc1sc(N2N=C(C)C(=Cc3cccs3)C2=O)nc1C. The number of thiophene rings is 1. The van der Waals surface area contributed by atoms with Crippen LogP contribution >= 0.6 is 22.7 Å². The van der Waals surface area contributed by atoms with E-state index in [1.807, 2.05) is 37.4 Å². The van der Waals surface area contributed by atoms with Gasteiger partial charge in [0.2, 0.25) is 5.13 Å². The second-order valence-corrected chi connectivity index (χ2v) is 6.78. The predicted octanol–water partition coefficient (Wildman–Crippen LogP) is 3.88. The summed E-state index contributed by atoms with van der Waals surface area (Å²) in [7, 11) is 0. The summed E-state index contributed by atoms with van der Waals surface area (Å²) < 4.78 is 0. The zero-order chi connectivity index (χ0) is 15.0. The van der Waals surface area contributed by atoms with Gasteiger partial charge in [-0.3, -0.25) is 4.79 Å². The Balaban J connectivity index is 1.95. The van der Waals surface area contributed by atoms with Crippen LogP contribution in [0.1, 0.15) is 29.3 Å². The van der Waals surface area contributed by atoms with Gasteiger partial charge in [-0.15, -0.1) is 11.3 Å². The molecule has 4 nitrogen and oxygen atoms in total. The van der Waals surface area contributed by atoms with Crippen molar-refractivity contribution in [2.45, 2.75) is 27.2 Å². The van der Waals surface area contributed by atoms with Crippen LogP contribution in [0.25, 0.3) is 6.08 Å². The molecule has 0 N–H and O–H groups in total. The van der Waals surface area contributed by atoms with Crippen LogP contribution in [0.2, 0.25) is 0 Å². The molecular formula is C15H15N3OS2. The number of carbonyl (C=O) groups excluding carboxylic acids is 1. The fourth-order valence-corrected chi connectivity index (χ4v) is 3.77. The van der Waals surface area contributed by atoms with Crippen molar-refractivity contribution in [2.24, 2.45) is 5.10 Å². The van der Waals surface area contributed by atoms with E-state index in [0.717, 1.165) is 22.7 Å². The number of thiazole rings is 1. The van der Waals surface area contributed by atoms with Gasteiger partial charge in [0.05, 0.1) is 17.0 Å². The first-order valence-electron chi connectivity index (χ1n) is 6.71. The van der Waals surface area contributed by atoms with E-state index in [2.05, 4.69) is 17.0 Å². The predicted molar refractivity (Wildman–Crippen MR) is 89.1 cm³/mol. The third kappa shape index (κ3) is 2.56. The summed E-state index contributed by atoms with van der Waals surface area (Å²) in [5.74, 6) is -0.0997. The zero-order valence-electron chi connectivity index (χ0n) is 12.1. The lowest BCUT2D eigenvalue weighted by Gasteiger charge is -2.06. The summed E-state index contributed by atoms with van der Waals surface area (Å²) in [6.45, 7) is 5.92. The minimum Gasteiger partial charge on any atom is -0.267 e. The van der Waals surface area contributed by atoms with E-state index in [1.54, 1.807) is 11.3 Å². The molecule has 0 atom stereocenters. The van der Waals surface area contributed by atoms with Crippen LogP contribution in [0.5, 0.6) is 0 Å². The lowest BCUT2D eigenvalue weighted by Crippen LogP contribution is -2.21. The summed E-state index contributed by atoms with van der Waals surface area (Å²) in [6, 6.07) is 3.96. The van der Waals surface area contributed by atoms with Crippen LogP contribution in [-0.2, 0) is 11.2 Å². The highest BCUT2D eigenvalue weighted by atomic mass is 32.1. The number of hydrogen-bond donors (Lipinski definition) is 0. The van der Waals surface area contributed by atoms with Crippen molar-refractivity contribution in [3.8, 4) is 0 Å². The Morgan fingerprint density at radius 2 is 2.19 bits per heavy atom. The minimum atomic E-state index is -0.0997. The standard InChI is InChI=1S/C15H15N3OS2/c1-4-13-10(3)16-15(21-13)18-14(19)12(9(2)17-18)8-11-6-5-7-20-11/h5-8H,4H2,1-3H3. The van der Waals surface area contributed by atoms with Gasteiger partial charge in [-0.1, -0.05) is 24.3 Å². The van der Waals surface area contributed by atoms with Crippen molar-refractivity contribution in [2.75, 3.05) is 5.01 Å². The second kappa shape index (κ2) is 5.54. The number of rotatable bonds is 3. The van der Waals surface area contributed by atoms with Gasteiger partial charge in [-0.05, 0) is 37.8 Å². The summed E-state index contributed by atoms with van der Waals surface area (Å²) in [5.41, 5.74) is 2.36. The van der Waals surface area contributed by atoms with Gasteiger partial charge in [0.1, 0.15) is 0 Å². The highest BCUT2D eigenvalue weighted by molar-refractivity contribution is 7.16. The van der Waals surface area contributed by atoms with E-state index in [4.69, 9.17) is 0 Å². The van der Waals surface area contributed by atoms with Crippen molar-refractivity contribution in [3.05, 3.63) is 38.5 Å². The number of nitrogens with zero attached hydrogens (tertiary/aromatic N) is 3. The molecule has 0 saturated heterocycles. The number of aromatic nitrogens is 1. The molecule has 0 radical (unpaired) electrons. The molecule has 0 unspecified atom stereocenters. The van der Waals surface area contributed by atoms with Gasteiger partial charge < -0.3 is 0 Å². The molecule has 0 saturated carbocycles. The maximum Gasteiger partial charge on any atom is 0.282 e. The molecule has 3 rings (SSSR count). The molecule has 0 aromatic carbocycles. The van der Waals surface area contributed by atoms with Gasteiger partial charge in [0.15, 0.2) is 0 Å². The van der Waals surface area contributed by atoms with Crippen LogP contribution in [0.3, 0.4) is 0 Å². The maximum atomic E-state index is 12.6. The highest BCUT2D eigenvalue weighted by Crippen LogP contribution is 2.31. The van der Waals surface area contributed by atoms with Gasteiger partial charge >= 0.3 is 0 Å². The minimum absolute atomic E-state index is 0.0997. The average molecular weight is 317 g/mol. The van der Waals surface area contributed by atoms with Gasteiger partial charge in [-0.25, -0.2) is 4.98 Å². The van der Waals surface area contributed by atoms with Crippen molar-refractivity contribution >= 4 is 45.5 Å². The first-order chi connectivity index (χ1) is 10.1. The lowest BCUT2D eigenvalue weighted by molar-refractivity contribution is -0.114. The summed E-state index contributed by atoms with van der Waals surface area (Å²) in [6.07, 6.45) is 2.82. The van der Waals surface area contributed by atoms with E-state index in [0.29, 0.717) is 10.7 Å². The Morgan fingerprint density at radius 1 is 1.38 bits per heavy atom. The smallest absolute Gasteiger partial charge is 0.267 e. The summed E-state index contributed by atoms with van der Waals surface area (Å²) >= 11 is 3.14. The molecule has 108 valence electrons. The molecule has 3 heterocycles. The second-order valence-electron chi connectivity index (χ2n) is 4.73. The third-order valence-corrected chi connectivity index (χ3v) is 5.37. The van der Waals surface area contributed by atoms with Crippen LogP contribution < -0.4 is 5.01 Å².